The number of benzene rings is 2. The van der Waals surface area contributed by atoms with E-state index in [0.717, 1.165) is 11.3 Å². The zero-order chi connectivity index (χ0) is 18.2. The van der Waals surface area contributed by atoms with Crippen LogP contribution in [0.3, 0.4) is 0 Å². The van der Waals surface area contributed by atoms with E-state index in [-0.39, 0.29) is 18.4 Å². The summed E-state index contributed by atoms with van der Waals surface area (Å²) in [5.41, 5.74) is 1.53. The molecule has 0 saturated carbocycles. The van der Waals surface area contributed by atoms with Gasteiger partial charge < -0.3 is 9.64 Å². The van der Waals surface area contributed by atoms with Gasteiger partial charge in [0.15, 0.2) is 0 Å². The van der Waals surface area contributed by atoms with Crippen molar-refractivity contribution >= 4 is 23.6 Å². The molecule has 0 heterocycles. The Hall–Kier alpha value is -3.08. The van der Waals surface area contributed by atoms with Gasteiger partial charge in [0.2, 0.25) is 5.91 Å². The van der Waals surface area contributed by atoms with Gasteiger partial charge in [0.1, 0.15) is 12.3 Å². The normalized spacial score (nSPS) is 10.5. The summed E-state index contributed by atoms with van der Waals surface area (Å²) in [6, 6.07) is 16.6. The predicted molar refractivity (Wildman–Crippen MR) is 99.5 cm³/mol. The molecule has 0 radical (unpaired) electrons. The number of amides is 2. The van der Waals surface area contributed by atoms with Crippen molar-refractivity contribution in [1.82, 2.24) is 4.90 Å². The highest BCUT2D eigenvalue weighted by Gasteiger charge is 2.18. The molecule has 0 saturated heterocycles. The molecule has 5 heteroatoms. The maximum atomic E-state index is 12.7. The summed E-state index contributed by atoms with van der Waals surface area (Å²) in [5.74, 6) is 0.313. The molecule has 25 heavy (non-hydrogen) atoms. The van der Waals surface area contributed by atoms with E-state index in [2.05, 4.69) is 0 Å². The molecule has 0 unspecified atom stereocenters. The number of carbonyl (C=O) groups excluding carboxylic acids is 2. The number of hydrogen-bond donors (Lipinski definition) is 0. The molecule has 130 valence electrons. The monoisotopic (exact) mass is 338 g/mol. The number of ether oxygens (including phenoxy) is 1. The molecule has 0 atom stereocenters. The molecule has 2 aromatic carbocycles. The number of nitrogens with zero attached hydrogens (tertiary/aromatic N) is 2. The fraction of sp³-hybridized carbons (Fsp3) is 0.200. The van der Waals surface area contributed by atoms with Gasteiger partial charge in [-0.25, -0.2) is 0 Å². The van der Waals surface area contributed by atoms with E-state index in [0.29, 0.717) is 5.69 Å². The lowest BCUT2D eigenvalue weighted by Crippen LogP contribution is -2.39. The van der Waals surface area contributed by atoms with Crippen LogP contribution in [0.4, 0.5) is 5.69 Å². The molecule has 0 aliphatic carbocycles. The van der Waals surface area contributed by atoms with Crippen LogP contribution in [0.15, 0.2) is 60.7 Å². The first-order valence-electron chi connectivity index (χ1n) is 7.90. The molecule has 0 bridgehead atoms. The molecule has 0 spiro atoms. The lowest BCUT2D eigenvalue weighted by Gasteiger charge is -2.22. The zero-order valence-electron chi connectivity index (χ0n) is 14.7. The minimum Gasteiger partial charge on any atom is -0.497 e. The van der Waals surface area contributed by atoms with E-state index >= 15 is 0 Å². The summed E-state index contributed by atoms with van der Waals surface area (Å²) >= 11 is 0. The fourth-order valence-corrected chi connectivity index (χ4v) is 2.18. The number of methoxy groups -OCH3 is 1. The van der Waals surface area contributed by atoms with Crippen molar-refractivity contribution in [3.8, 4) is 5.75 Å². The Kier molecular flexibility index (Phi) is 6.34. The highest BCUT2D eigenvalue weighted by Crippen LogP contribution is 2.16. The van der Waals surface area contributed by atoms with Crippen molar-refractivity contribution in [2.24, 2.45) is 0 Å². The van der Waals surface area contributed by atoms with Crippen molar-refractivity contribution in [3.05, 3.63) is 66.2 Å². The van der Waals surface area contributed by atoms with Crippen molar-refractivity contribution in [2.75, 3.05) is 32.6 Å². The number of para-hydroxylation sites is 1. The van der Waals surface area contributed by atoms with Gasteiger partial charge in [-0.3, -0.25) is 14.5 Å². The number of hydrogen-bond acceptors (Lipinski definition) is 3. The first-order valence-corrected chi connectivity index (χ1v) is 7.90. The topological polar surface area (TPSA) is 49.9 Å². The fourth-order valence-electron chi connectivity index (χ4n) is 2.18. The zero-order valence-corrected chi connectivity index (χ0v) is 14.7. The van der Waals surface area contributed by atoms with Crippen LogP contribution < -0.4 is 9.64 Å². The third-order valence-electron chi connectivity index (χ3n) is 3.64. The van der Waals surface area contributed by atoms with Crippen LogP contribution in [0, 0.1) is 0 Å². The van der Waals surface area contributed by atoms with Gasteiger partial charge in [0, 0.05) is 25.9 Å². The minimum absolute atomic E-state index is 0.0156. The van der Waals surface area contributed by atoms with Crippen LogP contribution in [0.25, 0.3) is 6.08 Å². The number of anilines is 1. The van der Waals surface area contributed by atoms with Crippen molar-refractivity contribution < 1.29 is 14.3 Å². The lowest BCUT2D eigenvalue weighted by molar-refractivity contribution is -0.128. The van der Waals surface area contributed by atoms with E-state index in [1.807, 2.05) is 42.5 Å². The molecule has 5 nitrogen and oxygen atoms in total. The van der Waals surface area contributed by atoms with Gasteiger partial charge >= 0.3 is 0 Å². The van der Waals surface area contributed by atoms with Gasteiger partial charge in [-0.15, -0.1) is 0 Å². The molecule has 2 aromatic rings. The molecule has 0 N–H and O–H groups in total. The Balaban J connectivity index is 2.22. The average Bonchev–Trinajstić information content (AvgIpc) is 2.64. The standard InChI is InChI=1S/C20H22N2O3/c1-21(2)20(24)15-22(17-9-5-4-6-10-17)19(23)13-12-16-8-7-11-18(14-16)25-3/h4-14H,15H2,1-3H3/b13-12+. The molecule has 2 amide bonds. The van der Waals surface area contributed by atoms with Crippen LogP contribution in [0.2, 0.25) is 0 Å². The highest BCUT2D eigenvalue weighted by molar-refractivity contribution is 6.06. The minimum atomic E-state index is -0.260. The van der Waals surface area contributed by atoms with Crippen molar-refractivity contribution in [1.29, 1.82) is 0 Å². The second-order valence-corrected chi connectivity index (χ2v) is 5.66. The molecular formula is C20H22N2O3. The summed E-state index contributed by atoms with van der Waals surface area (Å²) in [4.78, 5) is 27.7. The Morgan fingerprint density at radius 3 is 2.40 bits per heavy atom. The van der Waals surface area contributed by atoms with Crippen LogP contribution in [0.1, 0.15) is 5.56 Å². The van der Waals surface area contributed by atoms with Crippen LogP contribution in [0.5, 0.6) is 5.75 Å². The third-order valence-corrected chi connectivity index (χ3v) is 3.64. The van der Waals surface area contributed by atoms with Crippen molar-refractivity contribution in [3.63, 3.8) is 0 Å². The smallest absolute Gasteiger partial charge is 0.251 e. The molecule has 0 aliphatic heterocycles. The summed E-state index contributed by atoms with van der Waals surface area (Å²) in [7, 11) is 4.93. The molecular weight excluding hydrogens is 316 g/mol. The average molecular weight is 338 g/mol. The Morgan fingerprint density at radius 2 is 1.76 bits per heavy atom. The molecule has 2 rings (SSSR count). The first-order chi connectivity index (χ1) is 12.0. The SMILES string of the molecule is COc1cccc(/C=C/C(=O)N(CC(=O)N(C)C)c2ccccc2)c1. The largest absolute Gasteiger partial charge is 0.497 e. The van der Waals surface area contributed by atoms with Gasteiger partial charge in [0.25, 0.3) is 5.91 Å². The second-order valence-electron chi connectivity index (χ2n) is 5.66. The molecule has 0 fully saturated rings. The lowest BCUT2D eigenvalue weighted by atomic mass is 10.2. The number of rotatable bonds is 6. The second kappa shape index (κ2) is 8.68. The summed E-state index contributed by atoms with van der Waals surface area (Å²) in [6.45, 7) is -0.0156. The molecule has 0 aliphatic rings. The van der Waals surface area contributed by atoms with E-state index in [9.17, 15) is 9.59 Å². The first kappa shape index (κ1) is 18.3. The van der Waals surface area contributed by atoms with E-state index in [4.69, 9.17) is 4.74 Å². The Bertz CT molecular complexity index is 755. The van der Waals surface area contributed by atoms with E-state index in [1.54, 1.807) is 39.4 Å². The van der Waals surface area contributed by atoms with E-state index < -0.39 is 0 Å². The molecule has 0 aromatic heterocycles. The van der Waals surface area contributed by atoms with Crippen LogP contribution >= 0.6 is 0 Å². The summed E-state index contributed by atoms with van der Waals surface area (Å²) in [6.07, 6.45) is 3.17. The van der Waals surface area contributed by atoms with Crippen molar-refractivity contribution in [2.45, 2.75) is 0 Å². The summed E-state index contributed by atoms with van der Waals surface area (Å²) in [5, 5.41) is 0. The van der Waals surface area contributed by atoms with E-state index in [1.165, 1.54) is 15.9 Å². The third kappa shape index (κ3) is 5.21. The van der Waals surface area contributed by atoms with Gasteiger partial charge in [-0.05, 0) is 35.9 Å². The highest BCUT2D eigenvalue weighted by atomic mass is 16.5. The Labute approximate surface area is 148 Å². The number of carbonyl (C=O) groups is 2. The van der Waals surface area contributed by atoms with Gasteiger partial charge in [-0.1, -0.05) is 30.3 Å². The Morgan fingerprint density at radius 1 is 1.04 bits per heavy atom. The predicted octanol–water partition coefficient (Wildman–Crippen LogP) is 2.83. The van der Waals surface area contributed by atoms with Gasteiger partial charge in [-0.2, -0.15) is 0 Å². The maximum absolute atomic E-state index is 12.7. The maximum Gasteiger partial charge on any atom is 0.251 e. The summed E-state index contributed by atoms with van der Waals surface area (Å²) < 4.78 is 5.18. The van der Waals surface area contributed by atoms with Crippen LogP contribution in [-0.2, 0) is 9.59 Å². The van der Waals surface area contributed by atoms with Crippen LogP contribution in [-0.4, -0.2) is 44.5 Å². The quantitative estimate of drug-likeness (QED) is 0.761. The van der Waals surface area contributed by atoms with Gasteiger partial charge in [0.05, 0.1) is 7.11 Å². The number of likely N-dealkylation sites (N-methyl/N-ethyl adjacent to an activating group) is 1.